The number of amides is 1. The van der Waals surface area contributed by atoms with Gasteiger partial charge in [-0.3, -0.25) is 9.59 Å². The number of hydrogen-bond donors (Lipinski definition) is 1. The van der Waals surface area contributed by atoms with Gasteiger partial charge in [-0.2, -0.15) is 0 Å². The highest BCUT2D eigenvalue weighted by molar-refractivity contribution is 6.28. The summed E-state index contributed by atoms with van der Waals surface area (Å²) in [5, 5.41) is 8.63. The first kappa shape index (κ1) is 20.5. The zero-order chi connectivity index (χ0) is 23.4. The molecule has 8 heteroatoms. The molecule has 3 heterocycles. The summed E-state index contributed by atoms with van der Waals surface area (Å²) in [4.78, 5) is 30.2. The molecule has 0 radical (unpaired) electrons. The molecule has 34 heavy (non-hydrogen) atoms. The summed E-state index contributed by atoms with van der Waals surface area (Å²) in [6.07, 6.45) is 1.51. The molecule has 2 aliphatic rings. The summed E-state index contributed by atoms with van der Waals surface area (Å²) in [7, 11) is 0. The molecule has 1 N–H and O–H groups in total. The minimum atomic E-state index is -0.104. The lowest BCUT2D eigenvalue weighted by Crippen LogP contribution is -2.48. The second-order valence-corrected chi connectivity index (χ2v) is 8.98. The number of fused-ring (bicyclic) bond motifs is 2. The first-order chi connectivity index (χ1) is 16.5. The number of nitrogens with one attached hydrogen (secondary N) is 1. The molecule has 1 fully saturated rings. The topological polar surface area (TPSA) is 91.8 Å². The molecule has 0 spiro atoms. The van der Waals surface area contributed by atoms with E-state index >= 15 is 0 Å². The first-order valence-electron chi connectivity index (χ1n) is 11.5. The minimum absolute atomic E-state index is 0.0279. The van der Waals surface area contributed by atoms with Gasteiger partial charge < -0.3 is 24.1 Å². The summed E-state index contributed by atoms with van der Waals surface area (Å²) >= 11 is 0. The van der Waals surface area contributed by atoms with E-state index in [1.165, 1.54) is 6.26 Å². The molecule has 8 nitrogen and oxygen atoms in total. The summed E-state index contributed by atoms with van der Waals surface area (Å²) in [6, 6.07) is 13.0. The van der Waals surface area contributed by atoms with Gasteiger partial charge in [0.2, 0.25) is 0 Å². The van der Waals surface area contributed by atoms with E-state index in [1.54, 1.807) is 17.0 Å². The third-order valence-corrected chi connectivity index (χ3v) is 6.46. The van der Waals surface area contributed by atoms with E-state index in [2.05, 4.69) is 15.4 Å². The van der Waals surface area contributed by atoms with Gasteiger partial charge in [0.15, 0.2) is 17.3 Å². The van der Waals surface area contributed by atoms with Crippen molar-refractivity contribution in [3.8, 4) is 11.3 Å². The second-order valence-electron chi connectivity index (χ2n) is 8.98. The number of anilines is 2. The van der Waals surface area contributed by atoms with Crippen LogP contribution in [0.25, 0.3) is 22.2 Å². The highest BCUT2D eigenvalue weighted by Crippen LogP contribution is 2.46. The molecule has 0 atom stereocenters. The molecule has 0 bridgehead atoms. The van der Waals surface area contributed by atoms with Crippen molar-refractivity contribution in [1.29, 1.82) is 0 Å². The number of ketones is 1. The second kappa shape index (κ2) is 7.76. The van der Waals surface area contributed by atoms with Gasteiger partial charge in [0.25, 0.3) is 5.91 Å². The van der Waals surface area contributed by atoms with Crippen molar-refractivity contribution in [2.24, 2.45) is 0 Å². The van der Waals surface area contributed by atoms with E-state index < -0.39 is 0 Å². The number of benzene rings is 2. The quantitative estimate of drug-likeness (QED) is 0.428. The molecule has 1 aliphatic heterocycles. The van der Waals surface area contributed by atoms with Crippen LogP contribution in [0.2, 0.25) is 0 Å². The molecule has 1 amide bonds. The van der Waals surface area contributed by atoms with Gasteiger partial charge in [-0.15, -0.1) is 0 Å². The van der Waals surface area contributed by atoms with Crippen LogP contribution in [0.1, 0.15) is 40.3 Å². The SMILES string of the molecule is CC(C)Nc1cc(N2CCN(C(=O)c3ccco3)CC2)c2noc3c2c1C(=O)c1ccccc1-3. The van der Waals surface area contributed by atoms with Gasteiger partial charge in [-0.25, -0.2) is 0 Å². The Labute approximate surface area is 196 Å². The van der Waals surface area contributed by atoms with E-state index in [0.29, 0.717) is 54.3 Å². The highest BCUT2D eigenvalue weighted by Gasteiger charge is 2.34. The normalized spacial score (nSPS) is 15.2. The third kappa shape index (κ3) is 3.09. The largest absolute Gasteiger partial charge is 0.459 e. The summed E-state index contributed by atoms with van der Waals surface area (Å²) in [6.45, 7) is 6.48. The number of nitrogens with zero attached hydrogens (tertiary/aromatic N) is 3. The van der Waals surface area contributed by atoms with Crippen molar-refractivity contribution in [3.63, 3.8) is 0 Å². The van der Waals surface area contributed by atoms with Gasteiger partial charge in [0.05, 0.1) is 22.9 Å². The molecular formula is C26H24N4O4. The van der Waals surface area contributed by atoms with Crippen LogP contribution in [0.3, 0.4) is 0 Å². The van der Waals surface area contributed by atoms with Crippen LogP contribution in [0.5, 0.6) is 0 Å². The first-order valence-corrected chi connectivity index (χ1v) is 11.5. The molecule has 1 saturated heterocycles. The maximum atomic E-state index is 13.5. The van der Waals surface area contributed by atoms with Gasteiger partial charge in [0.1, 0.15) is 5.52 Å². The molecule has 1 aliphatic carbocycles. The van der Waals surface area contributed by atoms with Crippen LogP contribution in [0, 0.1) is 0 Å². The minimum Gasteiger partial charge on any atom is -0.459 e. The molecule has 172 valence electrons. The fraction of sp³-hybridized carbons (Fsp3) is 0.269. The highest BCUT2D eigenvalue weighted by atomic mass is 16.5. The van der Waals surface area contributed by atoms with Crippen molar-refractivity contribution in [3.05, 3.63) is 65.6 Å². The van der Waals surface area contributed by atoms with E-state index in [0.717, 1.165) is 22.3 Å². The molecule has 0 saturated carbocycles. The van der Waals surface area contributed by atoms with E-state index in [9.17, 15) is 9.59 Å². The Morgan fingerprint density at radius 2 is 1.82 bits per heavy atom. The Hall–Kier alpha value is -4.07. The molecule has 2 aromatic heterocycles. The molecule has 2 aromatic carbocycles. The standard InChI is InChI=1S/C26H24N4O4/c1-15(2)27-18-14-19(29-9-11-30(12-10-29)26(32)20-8-5-13-33-20)23-22-21(18)24(31)16-6-3-4-7-17(16)25(22)34-28-23/h3-8,13-15,27H,9-12H2,1-2H3. The Bertz CT molecular complexity index is 1410. The fourth-order valence-electron chi connectivity index (χ4n) is 4.91. The third-order valence-electron chi connectivity index (χ3n) is 6.46. The van der Waals surface area contributed by atoms with Crippen LogP contribution >= 0.6 is 0 Å². The van der Waals surface area contributed by atoms with Gasteiger partial charge in [-0.1, -0.05) is 29.4 Å². The smallest absolute Gasteiger partial charge is 0.289 e. The Balaban J connectivity index is 1.41. The molecule has 6 rings (SSSR count). The van der Waals surface area contributed by atoms with Crippen molar-refractivity contribution in [2.75, 3.05) is 36.4 Å². The monoisotopic (exact) mass is 456 g/mol. The number of hydrogen-bond acceptors (Lipinski definition) is 7. The lowest BCUT2D eigenvalue weighted by molar-refractivity contribution is 0.0714. The Kier molecular flexibility index (Phi) is 4.69. The van der Waals surface area contributed by atoms with Gasteiger partial charge in [0, 0.05) is 49.0 Å². The maximum Gasteiger partial charge on any atom is 0.289 e. The van der Waals surface area contributed by atoms with Crippen molar-refractivity contribution >= 4 is 34.0 Å². The molecule has 4 aromatic rings. The van der Waals surface area contributed by atoms with Crippen LogP contribution in [-0.2, 0) is 0 Å². The fourth-order valence-corrected chi connectivity index (χ4v) is 4.91. The lowest BCUT2D eigenvalue weighted by atomic mass is 9.86. The van der Waals surface area contributed by atoms with Crippen LogP contribution in [0.4, 0.5) is 11.4 Å². The number of carbonyl (C=O) groups is 2. The summed E-state index contributed by atoms with van der Waals surface area (Å²) < 4.78 is 11.1. The Morgan fingerprint density at radius 3 is 2.53 bits per heavy atom. The summed E-state index contributed by atoms with van der Waals surface area (Å²) in [5.41, 5.74) is 4.34. The summed E-state index contributed by atoms with van der Waals surface area (Å²) in [5.74, 6) is 0.845. The van der Waals surface area contributed by atoms with Gasteiger partial charge >= 0.3 is 0 Å². The van der Waals surface area contributed by atoms with E-state index in [1.807, 2.05) is 44.2 Å². The van der Waals surface area contributed by atoms with Crippen molar-refractivity contribution in [2.45, 2.75) is 19.9 Å². The van der Waals surface area contributed by atoms with Crippen LogP contribution in [-0.4, -0.2) is 54.0 Å². The number of piperazine rings is 1. The van der Waals surface area contributed by atoms with E-state index in [4.69, 9.17) is 8.94 Å². The number of aromatic nitrogens is 1. The predicted octanol–water partition coefficient (Wildman–Crippen LogP) is 4.41. The van der Waals surface area contributed by atoms with Crippen LogP contribution < -0.4 is 10.2 Å². The zero-order valence-electron chi connectivity index (χ0n) is 19.0. The van der Waals surface area contributed by atoms with E-state index in [-0.39, 0.29) is 17.7 Å². The zero-order valence-corrected chi connectivity index (χ0v) is 19.0. The van der Waals surface area contributed by atoms with Crippen molar-refractivity contribution in [1.82, 2.24) is 10.1 Å². The average Bonchev–Trinajstić information content (AvgIpc) is 3.53. The number of rotatable bonds is 4. The Morgan fingerprint density at radius 1 is 1.06 bits per heavy atom. The van der Waals surface area contributed by atoms with Crippen molar-refractivity contribution < 1.29 is 18.5 Å². The number of carbonyl (C=O) groups excluding carboxylic acids is 2. The van der Waals surface area contributed by atoms with Gasteiger partial charge in [-0.05, 0) is 32.0 Å². The predicted molar refractivity (Wildman–Crippen MR) is 128 cm³/mol. The average molecular weight is 457 g/mol. The maximum absolute atomic E-state index is 13.5. The molecular weight excluding hydrogens is 432 g/mol. The lowest BCUT2D eigenvalue weighted by Gasteiger charge is -2.36. The molecule has 0 unspecified atom stereocenters. The number of furan rings is 1. The van der Waals surface area contributed by atoms with Crippen LogP contribution in [0.15, 0.2) is 57.7 Å².